The van der Waals surface area contributed by atoms with E-state index in [9.17, 15) is 0 Å². The van der Waals surface area contributed by atoms with Gasteiger partial charge >= 0.3 is 0 Å². The number of hydrogen-bond acceptors (Lipinski definition) is 5. The molecule has 1 heterocycles. The predicted octanol–water partition coefficient (Wildman–Crippen LogP) is 2.70. The molecule has 0 aromatic carbocycles. The number of nitrogens with two attached hydrogens (primary N) is 1. The van der Waals surface area contributed by atoms with Gasteiger partial charge in [0.2, 0.25) is 11.8 Å². The highest BCUT2D eigenvalue weighted by molar-refractivity contribution is 5.42. The van der Waals surface area contributed by atoms with Crippen molar-refractivity contribution in [2.24, 2.45) is 11.8 Å². The van der Waals surface area contributed by atoms with Gasteiger partial charge in [0, 0.05) is 12.6 Å². The van der Waals surface area contributed by atoms with Gasteiger partial charge < -0.3 is 15.8 Å². The van der Waals surface area contributed by atoms with E-state index in [2.05, 4.69) is 22.2 Å². The van der Waals surface area contributed by atoms with Gasteiger partial charge in [-0.15, -0.1) is 0 Å². The average Bonchev–Trinajstić information content (AvgIpc) is 2.40. The Morgan fingerprint density at radius 1 is 1.32 bits per heavy atom. The van der Waals surface area contributed by atoms with Crippen LogP contribution in [-0.2, 0) is 0 Å². The predicted molar refractivity (Wildman–Crippen MR) is 77.2 cm³/mol. The first-order chi connectivity index (χ1) is 9.17. The van der Waals surface area contributed by atoms with Crippen LogP contribution in [-0.4, -0.2) is 23.6 Å². The molecule has 1 aromatic rings. The Labute approximate surface area is 115 Å². The molecular weight excluding hydrogens is 240 g/mol. The summed E-state index contributed by atoms with van der Waals surface area (Å²) in [6.07, 6.45) is 6.66. The fraction of sp³-hybridized carbons (Fsp3) is 0.714. The maximum Gasteiger partial charge on any atom is 0.225 e. The van der Waals surface area contributed by atoms with E-state index >= 15 is 0 Å². The molecule has 0 unspecified atom stereocenters. The van der Waals surface area contributed by atoms with E-state index in [-0.39, 0.29) is 5.95 Å². The molecule has 0 bridgehead atoms. The normalized spacial score (nSPS) is 23.1. The Morgan fingerprint density at radius 3 is 2.74 bits per heavy atom. The number of aromatic nitrogens is 2. The minimum atomic E-state index is 0.244. The number of anilines is 2. The van der Waals surface area contributed by atoms with Gasteiger partial charge in [0.1, 0.15) is 5.82 Å². The van der Waals surface area contributed by atoms with Crippen molar-refractivity contribution in [2.45, 2.75) is 39.0 Å². The number of nitrogens with zero attached hydrogens (tertiary/aromatic N) is 2. The number of hydrogen-bond donors (Lipinski definition) is 2. The minimum Gasteiger partial charge on any atom is -0.481 e. The van der Waals surface area contributed by atoms with Crippen LogP contribution < -0.4 is 15.8 Å². The Morgan fingerprint density at radius 2 is 2.05 bits per heavy atom. The van der Waals surface area contributed by atoms with Gasteiger partial charge in [-0.3, -0.25) is 0 Å². The number of ether oxygens (including phenoxy) is 1. The molecule has 0 atom stereocenters. The molecule has 1 saturated carbocycles. The molecule has 3 N–H and O–H groups in total. The highest BCUT2D eigenvalue weighted by Crippen LogP contribution is 2.30. The van der Waals surface area contributed by atoms with E-state index in [4.69, 9.17) is 10.5 Å². The van der Waals surface area contributed by atoms with E-state index in [1.807, 2.05) is 0 Å². The first-order valence-corrected chi connectivity index (χ1v) is 7.09. The summed E-state index contributed by atoms with van der Waals surface area (Å²) in [4.78, 5) is 8.12. The Kier molecular flexibility index (Phi) is 4.82. The monoisotopic (exact) mass is 264 g/mol. The van der Waals surface area contributed by atoms with Crippen LogP contribution in [0.1, 0.15) is 39.0 Å². The summed E-state index contributed by atoms with van der Waals surface area (Å²) in [5, 5.41) is 3.31. The Balaban J connectivity index is 1.77. The second-order valence-corrected chi connectivity index (χ2v) is 5.50. The fourth-order valence-corrected chi connectivity index (χ4v) is 2.66. The van der Waals surface area contributed by atoms with Gasteiger partial charge in [0.05, 0.1) is 7.11 Å². The molecule has 0 saturated heterocycles. The molecule has 1 aromatic heterocycles. The molecule has 0 radical (unpaired) electrons. The molecule has 106 valence electrons. The van der Waals surface area contributed by atoms with E-state index < -0.39 is 0 Å². The van der Waals surface area contributed by atoms with E-state index in [1.54, 1.807) is 13.2 Å². The third kappa shape index (κ3) is 4.26. The molecule has 19 heavy (non-hydrogen) atoms. The third-order valence-electron chi connectivity index (χ3n) is 3.92. The van der Waals surface area contributed by atoms with Crippen LogP contribution >= 0.6 is 0 Å². The summed E-state index contributed by atoms with van der Waals surface area (Å²) >= 11 is 0. The lowest BCUT2D eigenvalue weighted by molar-refractivity contribution is 0.282. The van der Waals surface area contributed by atoms with Crippen LogP contribution in [0.15, 0.2) is 6.07 Å². The zero-order valence-corrected chi connectivity index (χ0v) is 11.9. The molecule has 1 aliphatic carbocycles. The lowest BCUT2D eigenvalue weighted by Gasteiger charge is -2.26. The molecule has 1 fully saturated rings. The third-order valence-corrected chi connectivity index (χ3v) is 3.92. The molecule has 2 rings (SSSR count). The largest absolute Gasteiger partial charge is 0.481 e. The van der Waals surface area contributed by atoms with Crippen LogP contribution in [0.3, 0.4) is 0 Å². The quantitative estimate of drug-likeness (QED) is 0.855. The van der Waals surface area contributed by atoms with Crippen molar-refractivity contribution in [3.8, 4) is 5.88 Å². The minimum absolute atomic E-state index is 0.244. The van der Waals surface area contributed by atoms with Gasteiger partial charge in [-0.05, 0) is 18.3 Å². The van der Waals surface area contributed by atoms with Crippen LogP contribution in [0.2, 0.25) is 0 Å². The lowest BCUT2D eigenvalue weighted by atomic mass is 9.81. The van der Waals surface area contributed by atoms with Crippen molar-refractivity contribution in [2.75, 3.05) is 24.7 Å². The van der Waals surface area contributed by atoms with Crippen LogP contribution in [0.4, 0.5) is 11.8 Å². The molecule has 1 aliphatic rings. The number of rotatable bonds is 5. The highest BCUT2D eigenvalue weighted by Gasteiger charge is 2.17. The summed E-state index contributed by atoms with van der Waals surface area (Å²) in [6.45, 7) is 3.28. The topological polar surface area (TPSA) is 73.1 Å². The summed E-state index contributed by atoms with van der Waals surface area (Å²) < 4.78 is 5.07. The molecule has 0 amide bonds. The van der Waals surface area contributed by atoms with Crippen molar-refractivity contribution in [1.29, 1.82) is 0 Å². The summed E-state index contributed by atoms with van der Waals surface area (Å²) in [6, 6.07) is 1.78. The van der Waals surface area contributed by atoms with Crippen molar-refractivity contribution in [3.05, 3.63) is 6.07 Å². The Bertz CT molecular complexity index is 402. The second-order valence-electron chi connectivity index (χ2n) is 5.50. The fourth-order valence-electron chi connectivity index (χ4n) is 2.66. The van der Waals surface area contributed by atoms with Crippen molar-refractivity contribution < 1.29 is 4.74 Å². The second kappa shape index (κ2) is 6.59. The molecule has 5 nitrogen and oxygen atoms in total. The lowest BCUT2D eigenvalue weighted by Crippen LogP contribution is -2.16. The highest BCUT2D eigenvalue weighted by atomic mass is 16.5. The van der Waals surface area contributed by atoms with E-state index in [0.717, 1.165) is 24.2 Å². The average molecular weight is 264 g/mol. The van der Waals surface area contributed by atoms with E-state index in [0.29, 0.717) is 5.88 Å². The van der Waals surface area contributed by atoms with Crippen molar-refractivity contribution in [3.63, 3.8) is 0 Å². The number of nitrogen functional groups attached to an aromatic ring is 1. The number of methoxy groups -OCH3 is 1. The van der Waals surface area contributed by atoms with Crippen LogP contribution in [0.5, 0.6) is 5.88 Å². The van der Waals surface area contributed by atoms with E-state index in [1.165, 1.54) is 32.1 Å². The van der Waals surface area contributed by atoms with Gasteiger partial charge in [-0.25, -0.2) is 0 Å². The summed E-state index contributed by atoms with van der Waals surface area (Å²) in [5.74, 6) is 3.25. The zero-order valence-electron chi connectivity index (χ0n) is 11.9. The first kappa shape index (κ1) is 13.9. The van der Waals surface area contributed by atoms with Crippen molar-refractivity contribution >= 4 is 11.8 Å². The van der Waals surface area contributed by atoms with Gasteiger partial charge in [-0.1, -0.05) is 32.6 Å². The van der Waals surface area contributed by atoms with Crippen LogP contribution in [0.25, 0.3) is 0 Å². The number of nitrogens with one attached hydrogen (secondary N) is 1. The summed E-state index contributed by atoms with van der Waals surface area (Å²) in [5.41, 5.74) is 5.62. The van der Waals surface area contributed by atoms with Crippen LogP contribution in [0, 0.1) is 11.8 Å². The summed E-state index contributed by atoms with van der Waals surface area (Å²) in [7, 11) is 1.58. The van der Waals surface area contributed by atoms with Gasteiger partial charge in [0.15, 0.2) is 0 Å². The van der Waals surface area contributed by atoms with Gasteiger partial charge in [-0.2, -0.15) is 9.97 Å². The molecule has 0 spiro atoms. The standard InChI is InChI=1S/C14H24N4O/c1-10-3-5-11(6-4-10)7-8-16-12-9-13(19-2)18-14(15)17-12/h9-11H,3-8H2,1-2H3,(H3,15,16,17,18). The van der Waals surface area contributed by atoms with Crippen molar-refractivity contribution in [1.82, 2.24) is 9.97 Å². The van der Waals surface area contributed by atoms with Gasteiger partial charge in [0.25, 0.3) is 0 Å². The first-order valence-electron chi connectivity index (χ1n) is 7.09. The maximum atomic E-state index is 5.62. The Hall–Kier alpha value is -1.52. The molecule has 0 aliphatic heterocycles. The molecular formula is C14H24N4O. The molecule has 5 heteroatoms. The maximum absolute atomic E-state index is 5.62. The smallest absolute Gasteiger partial charge is 0.225 e. The SMILES string of the molecule is COc1cc(NCCC2CCC(C)CC2)nc(N)n1. The zero-order chi connectivity index (χ0) is 13.7.